The van der Waals surface area contributed by atoms with E-state index in [-0.39, 0.29) is 21.9 Å². The van der Waals surface area contributed by atoms with Gasteiger partial charge in [0.25, 0.3) is 15.9 Å². The van der Waals surface area contributed by atoms with Gasteiger partial charge in [-0.3, -0.25) is 15.1 Å². The van der Waals surface area contributed by atoms with Crippen LogP contribution in [0.4, 0.5) is 5.13 Å². The summed E-state index contributed by atoms with van der Waals surface area (Å²) in [6.45, 7) is 0.0848. The highest BCUT2D eigenvalue weighted by Crippen LogP contribution is 2.20. The van der Waals surface area contributed by atoms with Crippen LogP contribution in [-0.4, -0.2) is 29.5 Å². The molecule has 0 saturated heterocycles. The van der Waals surface area contributed by atoms with E-state index in [1.54, 1.807) is 54.9 Å². The molecule has 0 unspecified atom stereocenters. The zero-order chi connectivity index (χ0) is 17.7. The summed E-state index contributed by atoms with van der Waals surface area (Å²) in [6.07, 6.45) is 3.17. The number of hydrogen-bond acceptors (Lipinski definition) is 7. The van der Waals surface area contributed by atoms with Crippen molar-refractivity contribution in [3.8, 4) is 0 Å². The summed E-state index contributed by atoms with van der Waals surface area (Å²) in [6, 6.07) is 12.0. The lowest BCUT2D eigenvalue weighted by molar-refractivity contribution is 0.102. The fraction of sp³-hybridized carbons (Fsp3) is 0.0667. The molecule has 0 atom stereocenters. The van der Waals surface area contributed by atoms with Gasteiger partial charge in [0.05, 0.1) is 0 Å². The zero-order valence-corrected chi connectivity index (χ0v) is 14.4. The molecular formula is C15H13N5O3S2. The molecule has 0 aliphatic rings. The van der Waals surface area contributed by atoms with Crippen molar-refractivity contribution in [2.24, 2.45) is 0 Å². The maximum Gasteiger partial charge on any atom is 0.270 e. The van der Waals surface area contributed by atoms with Crippen LogP contribution in [0.2, 0.25) is 0 Å². The molecule has 3 aromatic rings. The molecule has 3 rings (SSSR count). The third-order valence-corrected chi connectivity index (χ3v) is 5.69. The number of aromatic nitrogens is 3. The fourth-order valence-electron chi connectivity index (χ4n) is 1.87. The van der Waals surface area contributed by atoms with Crippen molar-refractivity contribution < 1.29 is 13.2 Å². The number of hydrogen-bond donors (Lipinski definition) is 2. The summed E-state index contributed by atoms with van der Waals surface area (Å²) in [5.41, 5.74) is 1.16. The quantitative estimate of drug-likeness (QED) is 0.634. The van der Waals surface area contributed by atoms with Crippen molar-refractivity contribution in [2.45, 2.75) is 10.9 Å². The minimum Gasteiger partial charge on any atom is -0.296 e. The molecule has 0 aliphatic carbocycles. The van der Waals surface area contributed by atoms with E-state index in [9.17, 15) is 13.2 Å². The average Bonchev–Trinajstić information content (AvgIpc) is 3.11. The van der Waals surface area contributed by atoms with Gasteiger partial charge in [-0.15, -0.1) is 10.2 Å². The number of benzene rings is 1. The van der Waals surface area contributed by atoms with Gasteiger partial charge in [0, 0.05) is 24.5 Å². The molecule has 1 amide bonds. The number of sulfonamides is 1. The van der Waals surface area contributed by atoms with E-state index in [4.69, 9.17) is 0 Å². The number of anilines is 1. The molecule has 0 radical (unpaired) electrons. The van der Waals surface area contributed by atoms with E-state index in [0.717, 1.165) is 11.3 Å². The Kier molecular flexibility index (Phi) is 5.12. The van der Waals surface area contributed by atoms with Crippen LogP contribution < -0.4 is 10.0 Å². The van der Waals surface area contributed by atoms with Crippen molar-refractivity contribution in [2.75, 3.05) is 5.32 Å². The molecule has 0 bridgehead atoms. The molecule has 2 heterocycles. The van der Waals surface area contributed by atoms with E-state index in [1.165, 1.54) is 0 Å². The number of pyridine rings is 1. The number of rotatable bonds is 6. The molecule has 25 heavy (non-hydrogen) atoms. The van der Waals surface area contributed by atoms with Crippen molar-refractivity contribution in [3.63, 3.8) is 0 Å². The van der Waals surface area contributed by atoms with Crippen molar-refractivity contribution >= 4 is 32.4 Å². The van der Waals surface area contributed by atoms with Gasteiger partial charge in [-0.25, -0.2) is 13.1 Å². The second kappa shape index (κ2) is 7.47. The first kappa shape index (κ1) is 17.1. The molecule has 8 nitrogen and oxygen atoms in total. The molecule has 128 valence electrons. The van der Waals surface area contributed by atoms with Crippen molar-refractivity contribution in [1.82, 2.24) is 19.9 Å². The monoisotopic (exact) mass is 375 g/mol. The zero-order valence-electron chi connectivity index (χ0n) is 12.8. The van der Waals surface area contributed by atoms with Gasteiger partial charge >= 0.3 is 0 Å². The molecule has 2 aromatic heterocycles. The Morgan fingerprint density at radius 1 is 1.08 bits per heavy atom. The summed E-state index contributed by atoms with van der Waals surface area (Å²) in [7, 11) is -3.82. The predicted molar refractivity (Wildman–Crippen MR) is 92.6 cm³/mol. The minimum atomic E-state index is -3.82. The van der Waals surface area contributed by atoms with Gasteiger partial charge in [-0.05, 0) is 23.8 Å². The summed E-state index contributed by atoms with van der Waals surface area (Å²) >= 11 is 0.778. The largest absolute Gasteiger partial charge is 0.296 e. The van der Waals surface area contributed by atoms with Gasteiger partial charge in [0.15, 0.2) is 0 Å². The maximum atomic E-state index is 12.2. The molecule has 1 aromatic carbocycles. The first-order valence-electron chi connectivity index (χ1n) is 7.13. The van der Waals surface area contributed by atoms with Crippen LogP contribution in [0.25, 0.3) is 0 Å². The Morgan fingerprint density at radius 3 is 2.60 bits per heavy atom. The second-order valence-electron chi connectivity index (χ2n) is 4.88. The van der Waals surface area contributed by atoms with E-state index in [1.807, 2.05) is 0 Å². The molecule has 0 fully saturated rings. The predicted octanol–water partition coefficient (Wildman–Crippen LogP) is 1.66. The highest BCUT2D eigenvalue weighted by Gasteiger charge is 2.21. The second-order valence-corrected chi connectivity index (χ2v) is 7.80. The normalized spacial score (nSPS) is 11.2. The summed E-state index contributed by atoms with van der Waals surface area (Å²) in [4.78, 5) is 16.0. The first-order valence-corrected chi connectivity index (χ1v) is 9.43. The van der Waals surface area contributed by atoms with Crippen LogP contribution in [0.15, 0.2) is 59.2 Å². The van der Waals surface area contributed by atoms with E-state index >= 15 is 0 Å². The van der Waals surface area contributed by atoms with E-state index < -0.39 is 10.0 Å². The average molecular weight is 375 g/mol. The number of carbonyl (C=O) groups excluding carboxylic acids is 1. The lowest BCUT2D eigenvalue weighted by atomic mass is 10.2. The molecule has 0 aliphatic heterocycles. The standard InChI is InChI=1S/C15H13N5O3S2/c21-13(12-6-2-1-3-7-12)18-14-19-20-15(24-14)25(22,23)17-10-11-5-4-8-16-9-11/h1-9,17H,10H2,(H,18,19,21). The third kappa shape index (κ3) is 4.44. The van der Waals surface area contributed by atoms with Crippen LogP contribution in [0, 0.1) is 0 Å². The number of nitrogens with zero attached hydrogens (tertiary/aromatic N) is 3. The summed E-state index contributed by atoms with van der Waals surface area (Å²) in [5.74, 6) is -0.385. The maximum absolute atomic E-state index is 12.2. The Balaban J connectivity index is 1.67. The van der Waals surface area contributed by atoms with E-state index in [0.29, 0.717) is 11.1 Å². The topological polar surface area (TPSA) is 114 Å². The van der Waals surface area contributed by atoms with Gasteiger partial charge in [-0.2, -0.15) is 0 Å². The number of carbonyl (C=O) groups is 1. The van der Waals surface area contributed by atoms with E-state index in [2.05, 4.69) is 25.2 Å². The first-order chi connectivity index (χ1) is 12.0. The lowest BCUT2D eigenvalue weighted by Crippen LogP contribution is -2.23. The Hall–Kier alpha value is -2.69. The molecular weight excluding hydrogens is 362 g/mol. The van der Waals surface area contributed by atoms with Crippen LogP contribution in [-0.2, 0) is 16.6 Å². The molecule has 0 spiro atoms. The summed E-state index contributed by atoms with van der Waals surface area (Å²) < 4.78 is 26.7. The SMILES string of the molecule is O=C(Nc1nnc(S(=O)(=O)NCc2cccnc2)s1)c1ccccc1. The van der Waals surface area contributed by atoms with Crippen molar-refractivity contribution in [3.05, 3.63) is 66.0 Å². The van der Waals surface area contributed by atoms with Gasteiger partial charge in [-0.1, -0.05) is 35.6 Å². The smallest absolute Gasteiger partial charge is 0.270 e. The minimum absolute atomic E-state index is 0.0848. The van der Waals surface area contributed by atoms with Gasteiger partial charge in [0.2, 0.25) is 9.47 Å². The molecule has 2 N–H and O–H groups in total. The molecule has 10 heteroatoms. The fourth-order valence-corrected chi connectivity index (χ4v) is 3.82. The highest BCUT2D eigenvalue weighted by molar-refractivity contribution is 7.91. The number of amides is 1. The van der Waals surface area contributed by atoms with Crippen molar-refractivity contribution in [1.29, 1.82) is 0 Å². The Bertz CT molecular complexity index is 959. The van der Waals surface area contributed by atoms with Gasteiger partial charge < -0.3 is 0 Å². The number of nitrogens with one attached hydrogen (secondary N) is 2. The van der Waals surface area contributed by atoms with Crippen LogP contribution in [0.5, 0.6) is 0 Å². The van der Waals surface area contributed by atoms with Crippen LogP contribution in [0.3, 0.4) is 0 Å². The highest BCUT2D eigenvalue weighted by atomic mass is 32.2. The molecule has 0 saturated carbocycles. The lowest BCUT2D eigenvalue weighted by Gasteiger charge is -2.03. The van der Waals surface area contributed by atoms with Crippen LogP contribution in [0.1, 0.15) is 15.9 Å². The summed E-state index contributed by atoms with van der Waals surface area (Å²) in [5, 5.41) is 9.98. The Morgan fingerprint density at radius 2 is 1.88 bits per heavy atom. The van der Waals surface area contributed by atoms with Gasteiger partial charge in [0.1, 0.15) is 0 Å². The Labute approximate surface area is 148 Å². The van der Waals surface area contributed by atoms with Crippen LogP contribution >= 0.6 is 11.3 Å². The third-order valence-electron chi connectivity index (χ3n) is 3.08.